The predicted octanol–water partition coefficient (Wildman–Crippen LogP) is 3.66. The summed E-state index contributed by atoms with van der Waals surface area (Å²) in [6, 6.07) is 17.1. The second-order valence-electron chi connectivity index (χ2n) is 7.81. The first-order valence-electron chi connectivity index (χ1n) is 10.6. The molecule has 4 rings (SSSR count). The number of methoxy groups -OCH3 is 1. The summed E-state index contributed by atoms with van der Waals surface area (Å²) < 4.78 is 10.6. The highest BCUT2D eigenvalue weighted by Gasteiger charge is 2.26. The zero-order valence-electron chi connectivity index (χ0n) is 18.0. The number of nitrogens with zero attached hydrogens (tertiary/aromatic N) is 4. The molecule has 1 fully saturated rings. The molecule has 2 aromatic carbocycles. The number of carbonyl (C=O) groups is 1. The Labute approximate surface area is 186 Å². The van der Waals surface area contributed by atoms with Gasteiger partial charge in [0.25, 0.3) is 0 Å². The Morgan fingerprint density at radius 3 is 2.56 bits per heavy atom. The maximum Gasteiger partial charge on any atom is 0.241 e. The van der Waals surface area contributed by atoms with Crippen molar-refractivity contribution < 1.29 is 14.1 Å². The van der Waals surface area contributed by atoms with Crippen LogP contribution in [0.15, 0.2) is 53.1 Å². The zero-order valence-corrected chi connectivity index (χ0v) is 18.0. The molecule has 0 unspecified atom stereocenters. The lowest BCUT2D eigenvalue weighted by Crippen LogP contribution is -2.37. The van der Waals surface area contributed by atoms with Gasteiger partial charge < -0.3 is 14.6 Å². The fourth-order valence-corrected chi connectivity index (χ4v) is 3.76. The molecule has 8 nitrogen and oxygen atoms in total. The molecule has 8 heteroatoms. The van der Waals surface area contributed by atoms with Gasteiger partial charge >= 0.3 is 0 Å². The molecule has 0 atom stereocenters. The van der Waals surface area contributed by atoms with Crippen molar-refractivity contribution in [3.8, 4) is 23.2 Å². The van der Waals surface area contributed by atoms with Crippen LogP contribution < -0.4 is 10.1 Å². The minimum Gasteiger partial charge on any atom is -0.497 e. The first-order chi connectivity index (χ1) is 15.6. The maximum absolute atomic E-state index is 12.6. The zero-order chi connectivity index (χ0) is 22.3. The number of aromatic nitrogens is 2. The number of amides is 1. The van der Waals surface area contributed by atoms with E-state index in [0.717, 1.165) is 48.5 Å². The lowest BCUT2D eigenvalue weighted by molar-refractivity contribution is -0.121. The minimum atomic E-state index is -0.0254. The van der Waals surface area contributed by atoms with Gasteiger partial charge in [0.05, 0.1) is 26.1 Å². The van der Waals surface area contributed by atoms with Gasteiger partial charge in [-0.3, -0.25) is 9.69 Å². The molecule has 1 N–H and O–H groups in total. The average molecular weight is 431 g/mol. The van der Waals surface area contributed by atoms with Gasteiger partial charge in [0, 0.05) is 17.2 Å². The Morgan fingerprint density at radius 1 is 1.19 bits per heavy atom. The number of hydrogen-bond acceptors (Lipinski definition) is 7. The number of anilines is 1. The van der Waals surface area contributed by atoms with E-state index in [9.17, 15) is 4.79 Å². The van der Waals surface area contributed by atoms with E-state index in [0.29, 0.717) is 24.7 Å². The predicted molar refractivity (Wildman–Crippen MR) is 119 cm³/mol. The molecule has 1 aromatic heterocycles. The quantitative estimate of drug-likeness (QED) is 0.609. The average Bonchev–Trinajstić information content (AvgIpc) is 3.29. The number of nitrogens with one attached hydrogen (secondary N) is 1. The van der Waals surface area contributed by atoms with Crippen molar-refractivity contribution in [3.05, 3.63) is 60.0 Å². The molecule has 1 aliphatic rings. The molecule has 1 amide bonds. The summed E-state index contributed by atoms with van der Waals surface area (Å²) in [7, 11) is 1.63. The van der Waals surface area contributed by atoms with E-state index in [1.165, 1.54) is 0 Å². The largest absolute Gasteiger partial charge is 0.497 e. The summed E-state index contributed by atoms with van der Waals surface area (Å²) in [5.74, 6) is 1.91. The third-order valence-electron chi connectivity index (χ3n) is 5.64. The van der Waals surface area contributed by atoms with Crippen LogP contribution >= 0.6 is 0 Å². The summed E-state index contributed by atoms with van der Waals surface area (Å²) in [5.41, 5.74) is 2.57. The molecule has 0 spiro atoms. The fourth-order valence-electron chi connectivity index (χ4n) is 3.76. The van der Waals surface area contributed by atoms with E-state index < -0.39 is 0 Å². The minimum absolute atomic E-state index is 0.0254. The summed E-state index contributed by atoms with van der Waals surface area (Å²) in [6.07, 6.45) is 1.92. The second kappa shape index (κ2) is 10.1. The number of rotatable bonds is 7. The van der Waals surface area contributed by atoms with E-state index in [2.05, 4.69) is 26.4 Å². The van der Waals surface area contributed by atoms with Gasteiger partial charge in [0.15, 0.2) is 0 Å². The molecule has 0 radical (unpaired) electrons. The van der Waals surface area contributed by atoms with Crippen LogP contribution in [0, 0.1) is 17.2 Å². The van der Waals surface area contributed by atoms with E-state index in [1.807, 2.05) is 48.5 Å². The van der Waals surface area contributed by atoms with Crippen molar-refractivity contribution in [2.45, 2.75) is 25.8 Å². The third kappa shape index (κ3) is 5.31. The molecule has 0 saturated carbocycles. The van der Waals surface area contributed by atoms with Crippen molar-refractivity contribution >= 4 is 11.6 Å². The number of likely N-dealkylation sites (tertiary alicyclic amines) is 1. The van der Waals surface area contributed by atoms with Crippen LogP contribution in [-0.4, -0.2) is 41.1 Å². The summed E-state index contributed by atoms with van der Waals surface area (Å²) in [5, 5.41) is 15.8. The molecule has 164 valence electrons. The van der Waals surface area contributed by atoms with Crippen molar-refractivity contribution in [2.24, 2.45) is 5.92 Å². The number of piperidine rings is 1. The van der Waals surface area contributed by atoms with Crippen LogP contribution in [0.3, 0.4) is 0 Å². The van der Waals surface area contributed by atoms with E-state index >= 15 is 0 Å². The number of nitriles is 1. The Balaban J connectivity index is 1.26. The number of benzene rings is 2. The molecule has 0 bridgehead atoms. The molecule has 1 aliphatic heterocycles. The van der Waals surface area contributed by atoms with Crippen LogP contribution in [0.5, 0.6) is 5.75 Å². The Morgan fingerprint density at radius 2 is 1.91 bits per heavy atom. The number of ether oxygens (including phenoxy) is 1. The Kier molecular flexibility index (Phi) is 6.78. The van der Waals surface area contributed by atoms with E-state index in [1.54, 1.807) is 7.11 Å². The van der Waals surface area contributed by atoms with Crippen molar-refractivity contribution in [2.75, 3.05) is 25.5 Å². The van der Waals surface area contributed by atoms with Crippen LogP contribution in [0.1, 0.15) is 24.3 Å². The van der Waals surface area contributed by atoms with Crippen molar-refractivity contribution in [1.82, 2.24) is 15.0 Å². The number of carbonyl (C=O) groups excluding carboxylic acids is 1. The lowest BCUT2D eigenvalue weighted by Gasteiger charge is -2.30. The van der Waals surface area contributed by atoms with Crippen molar-refractivity contribution in [3.63, 3.8) is 0 Å². The highest BCUT2D eigenvalue weighted by Crippen LogP contribution is 2.23. The summed E-state index contributed by atoms with van der Waals surface area (Å²) in [6.45, 7) is 2.15. The normalized spacial score (nSPS) is 14.6. The fraction of sp³-hybridized carbons (Fsp3) is 0.333. The summed E-state index contributed by atoms with van der Waals surface area (Å²) >= 11 is 0. The molecule has 0 aliphatic carbocycles. The maximum atomic E-state index is 12.6. The van der Waals surface area contributed by atoms with Crippen LogP contribution in [0.4, 0.5) is 5.69 Å². The topological polar surface area (TPSA) is 104 Å². The smallest absolute Gasteiger partial charge is 0.241 e. The standard InChI is InChI=1S/C24H25N5O3/c1-31-21-8-4-18(5-9-21)23-27-22(32-28-23)16-29-14-11-19(12-15-29)24(30)26-20-6-2-17(3-7-20)10-13-25/h2-9,19H,10-12,14-16H2,1H3,(H,26,30). The first kappa shape index (κ1) is 21.5. The third-order valence-corrected chi connectivity index (χ3v) is 5.64. The van der Waals surface area contributed by atoms with E-state index in [-0.39, 0.29) is 11.8 Å². The van der Waals surface area contributed by atoms with Gasteiger partial charge in [-0.05, 0) is 67.9 Å². The summed E-state index contributed by atoms with van der Waals surface area (Å²) in [4.78, 5) is 19.3. The lowest BCUT2D eigenvalue weighted by atomic mass is 9.95. The second-order valence-corrected chi connectivity index (χ2v) is 7.81. The van der Waals surface area contributed by atoms with Crippen LogP contribution in [0.2, 0.25) is 0 Å². The highest BCUT2D eigenvalue weighted by molar-refractivity contribution is 5.92. The molecular formula is C24H25N5O3. The van der Waals surface area contributed by atoms with E-state index in [4.69, 9.17) is 14.5 Å². The van der Waals surface area contributed by atoms with Gasteiger partial charge in [-0.2, -0.15) is 10.2 Å². The Bertz CT molecular complexity index is 1080. The van der Waals surface area contributed by atoms with Crippen LogP contribution in [-0.2, 0) is 17.8 Å². The van der Waals surface area contributed by atoms with Gasteiger partial charge in [-0.15, -0.1) is 0 Å². The molecule has 2 heterocycles. The molecular weight excluding hydrogens is 406 g/mol. The molecule has 32 heavy (non-hydrogen) atoms. The van der Waals surface area contributed by atoms with Gasteiger partial charge in [-0.1, -0.05) is 17.3 Å². The monoisotopic (exact) mass is 431 g/mol. The first-order valence-corrected chi connectivity index (χ1v) is 10.6. The van der Waals surface area contributed by atoms with Gasteiger partial charge in [0.1, 0.15) is 5.75 Å². The molecule has 1 saturated heterocycles. The Hall–Kier alpha value is -3.70. The number of hydrogen-bond donors (Lipinski definition) is 1. The van der Waals surface area contributed by atoms with Crippen molar-refractivity contribution in [1.29, 1.82) is 5.26 Å². The van der Waals surface area contributed by atoms with Gasteiger partial charge in [0.2, 0.25) is 17.6 Å². The van der Waals surface area contributed by atoms with Crippen LogP contribution in [0.25, 0.3) is 11.4 Å². The molecule has 3 aromatic rings. The SMILES string of the molecule is COc1ccc(-c2noc(CN3CCC(C(=O)Nc4ccc(CC#N)cc4)CC3)n2)cc1. The van der Waals surface area contributed by atoms with Gasteiger partial charge in [-0.25, -0.2) is 0 Å². The highest BCUT2D eigenvalue weighted by atomic mass is 16.5.